The summed E-state index contributed by atoms with van der Waals surface area (Å²) in [6.45, 7) is 15.9. The number of nitrogens with zero attached hydrogens (tertiary/aromatic N) is 2. The zero-order valence-corrected chi connectivity index (χ0v) is 37.1. The van der Waals surface area contributed by atoms with Gasteiger partial charge in [-0.05, 0) is 82.6 Å². The van der Waals surface area contributed by atoms with Crippen LogP contribution >= 0.6 is 0 Å². The number of ether oxygens (including phenoxy) is 1. The number of nitrogens with one attached hydrogen (secondary N) is 5. The molecule has 7 amide bonds. The third kappa shape index (κ3) is 17.2. The van der Waals surface area contributed by atoms with Crippen LogP contribution < -0.4 is 26.6 Å². The Labute approximate surface area is 351 Å². The van der Waals surface area contributed by atoms with E-state index in [9.17, 15) is 33.6 Å². The summed E-state index contributed by atoms with van der Waals surface area (Å²) in [5, 5.41) is 13.8. The molecule has 0 fully saturated rings. The van der Waals surface area contributed by atoms with Crippen molar-refractivity contribution in [1.29, 1.82) is 0 Å². The van der Waals surface area contributed by atoms with Crippen molar-refractivity contribution in [2.45, 2.75) is 144 Å². The van der Waals surface area contributed by atoms with Crippen LogP contribution in [0.3, 0.4) is 0 Å². The molecule has 0 saturated heterocycles. The first kappa shape index (κ1) is 50.5. The lowest BCUT2D eigenvalue weighted by Crippen LogP contribution is -2.56. The normalized spacial score (nSPS) is 27.6. The Hall–Kier alpha value is -4.66. The van der Waals surface area contributed by atoms with Crippen molar-refractivity contribution in [2.75, 3.05) is 20.7 Å². The molecule has 0 aliphatic carbocycles. The Morgan fingerprint density at radius 1 is 0.797 bits per heavy atom. The van der Waals surface area contributed by atoms with Crippen LogP contribution in [0.2, 0.25) is 0 Å². The standard InChI is InChI=1S/C44H71N7O8/c1-26(2)22-36-44(58)46-25-29(5)39(53)47-31(7)41(55)49-35(20-19-27(3)23-28(4)37(59-11)24-34-16-13-12-14-17-34)30(6)40(54)45-21-15-18-38(52)51(10)33(9)43(57)48-32(8)42(56)50-36/h12-14,16-17,21,26-33,35-37H,15,18-20,22-25H2,1-11H3,(H,46,58)(H,47,53)(H,48,57)(H,49,55)(H,50,56)/b45-21+/t27?,28-,29-,30-,31-,32+,33-,35-,36-,37-/m0/s1. The van der Waals surface area contributed by atoms with Gasteiger partial charge in [-0.25, -0.2) is 4.99 Å². The molecule has 330 valence electrons. The first-order chi connectivity index (χ1) is 27.7. The van der Waals surface area contributed by atoms with Crippen molar-refractivity contribution in [3.05, 3.63) is 35.9 Å². The third-order valence-corrected chi connectivity index (χ3v) is 11.2. The molecule has 2 rings (SSSR count). The van der Waals surface area contributed by atoms with Gasteiger partial charge in [0.25, 0.3) is 0 Å². The summed E-state index contributed by atoms with van der Waals surface area (Å²) in [6, 6.07) is 5.73. The molecule has 0 bridgehead atoms. The molecule has 0 spiro atoms. The van der Waals surface area contributed by atoms with Gasteiger partial charge in [0.2, 0.25) is 41.4 Å². The van der Waals surface area contributed by atoms with Crippen LogP contribution in [0.4, 0.5) is 0 Å². The highest BCUT2D eigenvalue weighted by Gasteiger charge is 2.31. The lowest BCUT2D eigenvalue weighted by molar-refractivity contribution is -0.139. The molecule has 0 aromatic heterocycles. The van der Waals surface area contributed by atoms with Crippen molar-refractivity contribution in [3.63, 3.8) is 0 Å². The van der Waals surface area contributed by atoms with Gasteiger partial charge in [0.1, 0.15) is 24.2 Å². The number of hydrogen-bond donors (Lipinski definition) is 5. The number of aliphatic imine (C=N–C) groups is 1. The van der Waals surface area contributed by atoms with Crippen molar-refractivity contribution in [2.24, 2.45) is 34.6 Å². The fraction of sp³-hybridized carbons (Fsp3) is 0.682. The van der Waals surface area contributed by atoms with E-state index in [1.54, 1.807) is 27.9 Å². The number of amides is 7. The molecular formula is C44H71N7O8. The monoisotopic (exact) mass is 826 g/mol. The third-order valence-electron chi connectivity index (χ3n) is 11.2. The predicted octanol–water partition coefficient (Wildman–Crippen LogP) is 3.34. The Bertz CT molecular complexity index is 1590. The lowest BCUT2D eigenvalue weighted by Gasteiger charge is -2.28. The van der Waals surface area contributed by atoms with E-state index in [4.69, 9.17) is 4.74 Å². The van der Waals surface area contributed by atoms with Crippen molar-refractivity contribution in [1.82, 2.24) is 31.5 Å². The Morgan fingerprint density at radius 2 is 1.41 bits per heavy atom. The van der Waals surface area contributed by atoms with Gasteiger partial charge in [0.05, 0.1) is 17.9 Å². The van der Waals surface area contributed by atoms with Crippen LogP contribution in [-0.4, -0.2) is 109 Å². The minimum atomic E-state index is -1.02. The van der Waals surface area contributed by atoms with Gasteiger partial charge in [0, 0.05) is 39.4 Å². The maximum absolute atomic E-state index is 13.6. The molecular weight excluding hydrogens is 755 g/mol. The summed E-state index contributed by atoms with van der Waals surface area (Å²) >= 11 is 0. The van der Waals surface area contributed by atoms with E-state index in [0.29, 0.717) is 19.3 Å². The van der Waals surface area contributed by atoms with Gasteiger partial charge in [-0.15, -0.1) is 0 Å². The second kappa shape index (κ2) is 25.1. The van der Waals surface area contributed by atoms with Crippen molar-refractivity contribution >= 4 is 47.6 Å². The Kier molecular flexibility index (Phi) is 21.5. The molecule has 1 unspecified atom stereocenters. The minimum Gasteiger partial charge on any atom is -0.381 e. The molecule has 15 nitrogen and oxygen atoms in total. The molecule has 10 atom stereocenters. The molecule has 0 saturated carbocycles. The summed E-state index contributed by atoms with van der Waals surface area (Å²) in [5.74, 6) is -4.40. The summed E-state index contributed by atoms with van der Waals surface area (Å²) in [4.78, 5) is 98.1. The Morgan fingerprint density at radius 3 is 2.02 bits per heavy atom. The van der Waals surface area contributed by atoms with Gasteiger partial charge >= 0.3 is 0 Å². The van der Waals surface area contributed by atoms with Crippen molar-refractivity contribution < 1.29 is 38.3 Å². The van der Waals surface area contributed by atoms with E-state index in [-0.39, 0.29) is 49.2 Å². The van der Waals surface area contributed by atoms with Crippen LogP contribution in [-0.2, 0) is 44.7 Å². The molecule has 1 aliphatic rings. The van der Waals surface area contributed by atoms with E-state index in [1.165, 1.54) is 37.6 Å². The minimum absolute atomic E-state index is 0.0183. The largest absolute Gasteiger partial charge is 0.381 e. The second-order valence-electron chi connectivity index (χ2n) is 16.9. The van der Waals surface area contributed by atoms with Crippen LogP contribution in [0.25, 0.3) is 0 Å². The molecule has 1 aliphatic heterocycles. The first-order valence-corrected chi connectivity index (χ1v) is 21.1. The summed E-state index contributed by atoms with van der Waals surface area (Å²) < 4.78 is 5.88. The fourth-order valence-electron chi connectivity index (χ4n) is 6.98. The average molecular weight is 826 g/mol. The van der Waals surface area contributed by atoms with E-state index >= 15 is 0 Å². The predicted molar refractivity (Wildman–Crippen MR) is 228 cm³/mol. The quantitative estimate of drug-likeness (QED) is 0.223. The maximum Gasteiger partial charge on any atom is 0.250 e. The number of benzene rings is 1. The molecule has 1 aromatic rings. The zero-order valence-electron chi connectivity index (χ0n) is 37.1. The van der Waals surface area contributed by atoms with Crippen LogP contribution in [0, 0.1) is 29.6 Å². The smallest absolute Gasteiger partial charge is 0.250 e. The zero-order chi connectivity index (χ0) is 44.4. The highest BCUT2D eigenvalue weighted by molar-refractivity contribution is 5.95. The average Bonchev–Trinajstić information content (AvgIpc) is 3.19. The number of carbonyl (C=O) groups excluding carboxylic acids is 7. The molecule has 1 heterocycles. The van der Waals surface area contributed by atoms with E-state index in [0.717, 1.165) is 12.8 Å². The topological polar surface area (TPSA) is 204 Å². The van der Waals surface area contributed by atoms with Crippen LogP contribution in [0.15, 0.2) is 35.3 Å². The summed E-state index contributed by atoms with van der Waals surface area (Å²) in [5.41, 5.74) is 1.20. The van der Waals surface area contributed by atoms with E-state index in [1.807, 2.05) is 32.0 Å². The highest BCUT2D eigenvalue weighted by Crippen LogP contribution is 2.25. The van der Waals surface area contributed by atoms with Gasteiger partial charge in [-0.2, -0.15) is 0 Å². The van der Waals surface area contributed by atoms with E-state index in [2.05, 4.69) is 57.6 Å². The molecule has 15 heteroatoms. The number of likely N-dealkylation sites (N-methyl/N-ethyl adjacent to an activating group) is 1. The lowest BCUT2D eigenvalue weighted by atomic mass is 9.85. The number of carbonyl (C=O) groups is 7. The van der Waals surface area contributed by atoms with Crippen LogP contribution in [0.1, 0.15) is 106 Å². The van der Waals surface area contributed by atoms with Gasteiger partial charge in [0.15, 0.2) is 0 Å². The number of rotatable bonds is 11. The van der Waals surface area contributed by atoms with Crippen molar-refractivity contribution in [3.8, 4) is 0 Å². The van der Waals surface area contributed by atoms with Crippen LogP contribution in [0.5, 0.6) is 0 Å². The summed E-state index contributed by atoms with van der Waals surface area (Å²) in [7, 11) is 3.20. The fourth-order valence-corrected chi connectivity index (χ4v) is 6.98. The van der Waals surface area contributed by atoms with Gasteiger partial charge in [-0.3, -0.25) is 33.6 Å². The number of hydrogen-bond acceptors (Lipinski definition) is 8. The summed E-state index contributed by atoms with van der Waals surface area (Å²) in [6.07, 6.45) is 4.60. The second-order valence-corrected chi connectivity index (χ2v) is 16.9. The number of methoxy groups -OCH3 is 1. The molecule has 59 heavy (non-hydrogen) atoms. The molecule has 1 aromatic carbocycles. The maximum atomic E-state index is 13.6. The SMILES string of the molecule is CO[C@@H](Cc1ccccc1)[C@@H](C)CC(C)CC[C@@H]1NC(=O)[C@H](C)NC(=O)[C@@H](C)CNC(=O)[C@H](CC(C)C)NC(=O)[C@@H](C)NC(=O)[C@H](C)N(C)C(=O)CC/C=N/C(=O)[C@H]1C. The highest BCUT2D eigenvalue weighted by atomic mass is 16.5. The van der Waals surface area contributed by atoms with Gasteiger partial charge < -0.3 is 36.2 Å². The Balaban J connectivity index is 2.29. The van der Waals surface area contributed by atoms with E-state index < -0.39 is 77.5 Å². The first-order valence-electron chi connectivity index (χ1n) is 21.1. The molecule has 0 radical (unpaired) electrons. The molecule has 5 N–H and O–H groups in total. The van der Waals surface area contributed by atoms with Gasteiger partial charge in [-0.1, -0.05) is 71.9 Å².